The van der Waals surface area contributed by atoms with Crippen LogP contribution in [0.2, 0.25) is 0 Å². The third kappa shape index (κ3) is 4.18. The number of esters is 1. The van der Waals surface area contributed by atoms with Crippen molar-refractivity contribution >= 4 is 5.97 Å². The fourth-order valence-corrected chi connectivity index (χ4v) is 2.28. The Labute approximate surface area is 125 Å². The summed E-state index contributed by atoms with van der Waals surface area (Å²) in [5.41, 5.74) is 4.50. The first-order valence-corrected chi connectivity index (χ1v) is 7.38. The summed E-state index contributed by atoms with van der Waals surface area (Å²) in [5, 5.41) is 4.46. The van der Waals surface area contributed by atoms with Crippen molar-refractivity contribution in [3.8, 4) is 5.69 Å². The van der Waals surface area contributed by atoms with Crippen molar-refractivity contribution in [2.45, 2.75) is 40.0 Å². The molecule has 1 aromatic heterocycles. The van der Waals surface area contributed by atoms with E-state index in [4.69, 9.17) is 4.74 Å². The zero-order chi connectivity index (χ0) is 15.2. The molecule has 1 heterocycles. The molecule has 1 aromatic carbocycles. The number of nitrogens with zero attached hydrogens (tertiary/aromatic N) is 2. The van der Waals surface area contributed by atoms with Crippen LogP contribution in [0.4, 0.5) is 0 Å². The molecule has 0 amide bonds. The zero-order valence-electron chi connectivity index (χ0n) is 12.9. The minimum atomic E-state index is -0.118. The Bertz CT molecular complexity index is 617. The van der Waals surface area contributed by atoms with Gasteiger partial charge in [-0.15, -0.1) is 0 Å². The van der Waals surface area contributed by atoms with Gasteiger partial charge in [0, 0.05) is 12.6 Å². The molecule has 4 heteroatoms. The average molecular weight is 286 g/mol. The largest absolute Gasteiger partial charge is 0.466 e. The number of aryl methyl sites for hydroxylation is 3. The number of carbonyl (C=O) groups excluding carboxylic acids is 1. The van der Waals surface area contributed by atoms with Crippen LogP contribution >= 0.6 is 0 Å². The summed E-state index contributed by atoms with van der Waals surface area (Å²) in [7, 11) is 0. The van der Waals surface area contributed by atoms with Gasteiger partial charge in [-0.3, -0.25) is 4.79 Å². The molecule has 4 nitrogen and oxygen atoms in total. The smallest absolute Gasteiger partial charge is 0.305 e. The zero-order valence-corrected chi connectivity index (χ0v) is 12.9. The van der Waals surface area contributed by atoms with E-state index in [1.165, 1.54) is 11.1 Å². The van der Waals surface area contributed by atoms with E-state index in [-0.39, 0.29) is 5.97 Å². The van der Waals surface area contributed by atoms with Crippen molar-refractivity contribution in [3.05, 3.63) is 47.3 Å². The quantitative estimate of drug-likeness (QED) is 0.765. The van der Waals surface area contributed by atoms with Crippen LogP contribution in [0, 0.1) is 13.8 Å². The number of hydrogen-bond donors (Lipinski definition) is 0. The Hall–Kier alpha value is -2.10. The molecule has 0 N–H and O–H groups in total. The SMILES string of the molecule is CCOC(=O)CCCc1ccc(C)c(-n2ccc(C)n2)c1. The third-order valence-electron chi connectivity index (χ3n) is 3.39. The van der Waals surface area contributed by atoms with E-state index in [1.54, 1.807) is 0 Å². The van der Waals surface area contributed by atoms with Gasteiger partial charge in [0.15, 0.2) is 0 Å². The highest BCUT2D eigenvalue weighted by atomic mass is 16.5. The van der Waals surface area contributed by atoms with Gasteiger partial charge >= 0.3 is 5.97 Å². The van der Waals surface area contributed by atoms with Crippen molar-refractivity contribution in [1.29, 1.82) is 0 Å². The monoisotopic (exact) mass is 286 g/mol. The lowest BCUT2D eigenvalue weighted by atomic mass is 10.0. The molecule has 0 radical (unpaired) electrons. The van der Waals surface area contributed by atoms with Gasteiger partial charge in [0.25, 0.3) is 0 Å². The summed E-state index contributed by atoms with van der Waals surface area (Å²) in [6.07, 6.45) is 4.11. The van der Waals surface area contributed by atoms with E-state index in [1.807, 2.05) is 30.8 Å². The van der Waals surface area contributed by atoms with Crippen molar-refractivity contribution in [2.75, 3.05) is 6.61 Å². The minimum Gasteiger partial charge on any atom is -0.466 e. The molecule has 0 bridgehead atoms. The lowest BCUT2D eigenvalue weighted by molar-refractivity contribution is -0.143. The van der Waals surface area contributed by atoms with Gasteiger partial charge < -0.3 is 4.74 Å². The summed E-state index contributed by atoms with van der Waals surface area (Å²) in [6, 6.07) is 8.35. The lowest BCUT2D eigenvalue weighted by Crippen LogP contribution is -2.04. The van der Waals surface area contributed by atoms with Gasteiger partial charge in [-0.1, -0.05) is 12.1 Å². The molecule has 0 unspecified atom stereocenters. The van der Waals surface area contributed by atoms with Gasteiger partial charge in [-0.25, -0.2) is 4.68 Å². The summed E-state index contributed by atoms with van der Waals surface area (Å²) >= 11 is 0. The van der Waals surface area contributed by atoms with Gasteiger partial charge in [0.1, 0.15) is 0 Å². The van der Waals surface area contributed by atoms with E-state index in [2.05, 4.69) is 30.2 Å². The van der Waals surface area contributed by atoms with Crippen molar-refractivity contribution in [3.63, 3.8) is 0 Å². The highest BCUT2D eigenvalue weighted by Crippen LogP contribution is 2.17. The van der Waals surface area contributed by atoms with Crippen molar-refractivity contribution < 1.29 is 9.53 Å². The minimum absolute atomic E-state index is 0.118. The Morgan fingerprint density at radius 3 is 2.76 bits per heavy atom. The van der Waals surface area contributed by atoms with Crippen LogP contribution in [-0.2, 0) is 16.0 Å². The molecule has 112 valence electrons. The van der Waals surface area contributed by atoms with Crippen LogP contribution in [0.15, 0.2) is 30.5 Å². The summed E-state index contributed by atoms with van der Waals surface area (Å²) < 4.78 is 6.84. The second-order valence-corrected chi connectivity index (χ2v) is 5.18. The molecular formula is C17H22N2O2. The number of carbonyl (C=O) groups is 1. The lowest BCUT2D eigenvalue weighted by Gasteiger charge is -2.09. The molecule has 0 atom stereocenters. The van der Waals surface area contributed by atoms with E-state index >= 15 is 0 Å². The maximum absolute atomic E-state index is 11.3. The number of rotatable bonds is 6. The maximum atomic E-state index is 11.3. The van der Waals surface area contributed by atoms with Crippen LogP contribution in [0.5, 0.6) is 0 Å². The molecule has 0 saturated heterocycles. The second-order valence-electron chi connectivity index (χ2n) is 5.18. The molecule has 0 aliphatic carbocycles. The van der Waals surface area contributed by atoms with Crippen molar-refractivity contribution in [1.82, 2.24) is 9.78 Å². The summed E-state index contributed by atoms with van der Waals surface area (Å²) in [4.78, 5) is 11.3. The first-order valence-electron chi connectivity index (χ1n) is 7.38. The standard InChI is InChI=1S/C17H22N2O2/c1-4-21-17(20)7-5-6-15-9-8-13(2)16(12-15)19-11-10-14(3)18-19/h8-12H,4-7H2,1-3H3. The maximum Gasteiger partial charge on any atom is 0.305 e. The van der Waals surface area contributed by atoms with E-state index in [9.17, 15) is 4.79 Å². The fraction of sp³-hybridized carbons (Fsp3) is 0.412. The Morgan fingerprint density at radius 2 is 2.10 bits per heavy atom. The summed E-state index contributed by atoms with van der Waals surface area (Å²) in [5.74, 6) is -0.118. The predicted molar refractivity (Wildman–Crippen MR) is 82.6 cm³/mol. The molecule has 0 aliphatic heterocycles. The van der Waals surface area contributed by atoms with E-state index in [0.717, 1.165) is 24.2 Å². The molecule has 0 spiro atoms. The van der Waals surface area contributed by atoms with E-state index < -0.39 is 0 Å². The molecule has 2 rings (SSSR count). The van der Waals surface area contributed by atoms with Gasteiger partial charge in [-0.2, -0.15) is 5.10 Å². The third-order valence-corrected chi connectivity index (χ3v) is 3.39. The first kappa shape index (κ1) is 15.3. The highest BCUT2D eigenvalue weighted by molar-refractivity contribution is 5.69. The molecule has 0 saturated carbocycles. The fourth-order valence-electron chi connectivity index (χ4n) is 2.28. The molecular weight excluding hydrogens is 264 g/mol. The average Bonchev–Trinajstić information content (AvgIpc) is 2.87. The second kappa shape index (κ2) is 7.07. The number of hydrogen-bond acceptors (Lipinski definition) is 3. The first-order chi connectivity index (χ1) is 10.1. The molecule has 21 heavy (non-hydrogen) atoms. The van der Waals surface area contributed by atoms with Crippen molar-refractivity contribution in [2.24, 2.45) is 0 Å². The van der Waals surface area contributed by atoms with Crippen LogP contribution in [-0.4, -0.2) is 22.4 Å². The Kier molecular flexibility index (Phi) is 5.14. The number of benzene rings is 1. The van der Waals surface area contributed by atoms with Gasteiger partial charge in [0.05, 0.1) is 18.0 Å². The topological polar surface area (TPSA) is 44.1 Å². The number of ether oxygens (including phenoxy) is 1. The molecule has 0 aliphatic rings. The Balaban J connectivity index is 2.03. The Morgan fingerprint density at radius 1 is 1.29 bits per heavy atom. The van der Waals surface area contributed by atoms with Crippen LogP contribution < -0.4 is 0 Å². The van der Waals surface area contributed by atoms with Crippen LogP contribution in [0.1, 0.15) is 36.6 Å². The van der Waals surface area contributed by atoms with E-state index in [0.29, 0.717) is 13.0 Å². The molecule has 2 aromatic rings. The molecule has 0 fully saturated rings. The normalized spacial score (nSPS) is 10.6. The number of aromatic nitrogens is 2. The predicted octanol–water partition coefficient (Wildman–Crippen LogP) is 3.37. The van der Waals surface area contributed by atoms with Crippen LogP contribution in [0.25, 0.3) is 5.69 Å². The summed E-state index contributed by atoms with van der Waals surface area (Å²) in [6.45, 7) is 6.34. The highest BCUT2D eigenvalue weighted by Gasteiger charge is 2.06. The van der Waals surface area contributed by atoms with Gasteiger partial charge in [-0.05, 0) is 56.9 Å². The van der Waals surface area contributed by atoms with Crippen LogP contribution in [0.3, 0.4) is 0 Å². The van der Waals surface area contributed by atoms with Gasteiger partial charge in [0.2, 0.25) is 0 Å².